The molecule has 0 saturated heterocycles. The first kappa shape index (κ1) is 28.5. The molecule has 0 aromatic carbocycles. The van der Waals surface area contributed by atoms with E-state index >= 15 is 0 Å². The molecule has 1 nitrogen and oxygen atoms in total. The van der Waals surface area contributed by atoms with Crippen molar-refractivity contribution in [3.8, 4) is 0 Å². The van der Waals surface area contributed by atoms with Crippen LogP contribution in [0.15, 0.2) is 0 Å². The number of rotatable bonds is 0. The van der Waals surface area contributed by atoms with Gasteiger partial charge in [0.1, 0.15) is 8.57 Å². The first-order valence-corrected chi connectivity index (χ1v) is 18.4. The summed E-state index contributed by atoms with van der Waals surface area (Å²) >= 11 is 32.1. The van der Waals surface area contributed by atoms with Crippen molar-refractivity contribution in [3.63, 3.8) is 0 Å². The molecule has 1 rings (SSSR count). The van der Waals surface area contributed by atoms with Crippen LogP contribution in [-0.4, -0.2) is 12.2 Å². The molecule has 0 aliphatic heterocycles. The van der Waals surface area contributed by atoms with Crippen molar-refractivity contribution in [1.29, 1.82) is 0 Å². The van der Waals surface area contributed by atoms with Gasteiger partial charge in [-0.05, 0) is 22.6 Å². The molecular weight excluding hydrogens is 1750 g/mol. The lowest BCUT2D eigenvalue weighted by Gasteiger charge is -2.49. The number of halogens is 13. The molecule has 1 fully saturated rings. The first-order valence-electron chi connectivity index (χ1n) is 4.41. The van der Waals surface area contributed by atoms with Crippen LogP contribution in [0.1, 0.15) is 0 Å². The van der Waals surface area contributed by atoms with Gasteiger partial charge in [-0.3, -0.25) is 0 Å². The van der Waals surface area contributed by atoms with E-state index in [0.717, 1.165) is 0 Å². The molecule has 1 radical (unpaired) electrons. The Kier molecular flexibility index (Phi) is 12.2. The summed E-state index contributed by atoms with van der Waals surface area (Å²) in [6.07, 6.45) is 0. The van der Waals surface area contributed by atoms with Crippen molar-refractivity contribution in [2.45, 2.75) is 12.2 Å². The van der Waals surface area contributed by atoms with Crippen LogP contribution < -0.4 is 0 Å². The van der Waals surface area contributed by atoms with Crippen molar-refractivity contribution in [2.24, 2.45) is 0 Å². The van der Waals surface area contributed by atoms with Gasteiger partial charge < -0.3 is 0 Å². The fraction of sp³-hybridized carbons (Fsp3) is 1.00. The average Bonchev–Trinajstić information content (AvgIpc) is 2.26. The van der Waals surface area contributed by atoms with Gasteiger partial charge in [0, 0.05) is 0 Å². The maximum atomic E-state index is 14.0. The lowest BCUT2D eigenvalue weighted by molar-refractivity contribution is 0.0710. The molecular formula is C7I13O. The molecule has 14 heteroatoms. The molecule has 0 unspecified atom stereocenters. The SMILES string of the molecule is [O]C1(I)C(I)(I)C(I)(I)C(I)(I)C(I)(I)C(I)(I)C1(I)I. The van der Waals surface area contributed by atoms with Gasteiger partial charge in [-0.15, -0.1) is 0 Å². The highest BCUT2D eigenvalue weighted by Crippen LogP contribution is 2.83. The van der Waals surface area contributed by atoms with Gasteiger partial charge in [0.25, 0.3) is 0 Å². The van der Waals surface area contributed by atoms with E-state index in [4.69, 9.17) is 0 Å². The summed E-state index contributed by atoms with van der Waals surface area (Å²) in [4.78, 5) is 0. The van der Waals surface area contributed by atoms with Gasteiger partial charge in [-0.2, -0.15) is 0 Å². The van der Waals surface area contributed by atoms with E-state index in [1.54, 1.807) is 0 Å². The van der Waals surface area contributed by atoms with Crippen molar-refractivity contribution in [2.75, 3.05) is 0 Å². The highest BCUT2D eigenvalue weighted by molar-refractivity contribution is 14.2. The summed E-state index contributed by atoms with van der Waals surface area (Å²) in [6.45, 7) is 0. The monoisotopic (exact) mass is 1750 g/mol. The van der Waals surface area contributed by atoms with E-state index in [0.29, 0.717) is 0 Å². The van der Waals surface area contributed by atoms with Crippen LogP contribution >= 0.6 is 294 Å². The van der Waals surface area contributed by atoms with E-state index in [1.807, 2.05) is 0 Å². The third kappa shape index (κ3) is 4.23. The largest absolute Gasteiger partial charge is 0.213 e. The Hall–Kier alpha value is 9.45. The van der Waals surface area contributed by atoms with Gasteiger partial charge in [0.15, 0.2) is 0 Å². The Morgan fingerprint density at radius 3 is 0.667 bits per heavy atom. The molecule has 0 N–H and O–H groups in total. The van der Waals surface area contributed by atoms with Crippen LogP contribution in [0.4, 0.5) is 0 Å². The predicted octanol–water partition coefficient (Wildman–Crippen LogP) is 9.96. The van der Waals surface area contributed by atoms with Crippen molar-refractivity contribution in [1.82, 2.24) is 0 Å². The molecule has 1 aliphatic carbocycles. The Morgan fingerprint density at radius 1 is 0.333 bits per heavy atom. The quantitative estimate of drug-likeness (QED) is 0.131. The predicted molar refractivity (Wildman–Crippen MR) is 202 cm³/mol. The van der Waals surface area contributed by atoms with Crippen LogP contribution in [0.3, 0.4) is 0 Å². The van der Waals surface area contributed by atoms with E-state index in [1.165, 1.54) is 0 Å². The molecule has 125 valence electrons. The zero-order valence-electron chi connectivity index (χ0n) is 8.82. The summed E-state index contributed by atoms with van der Waals surface area (Å²) in [5, 5.41) is 14.0. The maximum absolute atomic E-state index is 14.0. The molecule has 21 heavy (non-hydrogen) atoms. The molecule has 1 aliphatic rings. The summed E-state index contributed by atoms with van der Waals surface area (Å²) in [5.74, 6) is 0. The topological polar surface area (TPSA) is 19.9 Å². The highest BCUT2D eigenvalue weighted by atomic mass is 127. The summed E-state index contributed by atoms with van der Waals surface area (Å²) in [6, 6.07) is 0. The molecule has 0 spiro atoms. The molecule has 0 atom stereocenters. The minimum Gasteiger partial charge on any atom is -0.213 e. The van der Waals surface area contributed by atoms with Crippen molar-refractivity contribution < 1.29 is 5.11 Å². The van der Waals surface area contributed by atoms with Crippen LogP contribution in [0.25, 0.3) is 0 Å². The number of hydrogen-bond acceptors (Lipinski definition) is 0. The molecule has 0 aromatic rings. The molecule has 0 heterocycles. The summed E-state index contributed by atoms with van der Waals surface area (Å²) in [5.41, 5.74) is 0. The van der Waals surface area contributed by atoms with Crippen molar-refractivity contribution >= 4 is 294 Å². The fourth-order valence-corrected chi connectivity index (χ4v) is 24.2. The van der Waals surface area contributed by atoms with E-state index < -0.39 is 6.46 Å². The molecule has 0 amide bonds. The van der Waals surface area contributed by atoms with Crippen LogP contribution in [0.5, 0.6) is 0 Å². The third-order valence-corrected chi connectivity index (χ3v) is 48.4. The Labute approximate surface area is 301 Å². The standard InChI is InChI=1S/C7I13O/c8-1(9)2(10,11)4(14,15)6(18,19)7(20,21)5(16,17)3(1,12)13. The van der Waals surface area contributed by atoms with Gasteiger partial charge in [-0.25, -0.2) is 5.11 Å². The Morgan fingerprint density at radius 2 is 0.476 bits per heavy atom. The Balaban J connectivity index is 3.97. The van der Waals surface area contributed by atoms with Gasteiger partial charge in [-0.1, -0.05) is 271 Å². The zero-order chi connectivity index (χ0) is 17.5. The fourth-order valence-electron chi connectivity index (χ4n) is 1.39. The second-order valence-corrected chi connectivity index (χ2v) is 37.4. The van der Waals surface area contributed by atoms with Gasteiger partial charge >= 0.3 is 0 Å². The molecule has 0 bridgehead atoms. The lowest BCUT2D eigenvalue weighted by Crippen LogP contribution is -2.61. The number of hydrogen-bond donors (Lipinski definition) is 0. The summed E-state index contributed by atoms with van der Waals surface area (Å²) < 4.78 is -2.80. The second kappa shape index (κ2) is 9.00. The number of alkyl halides is 13. The normalized spacial score (nSPS) is 34.0. The minimum absolute atomic E-state index is 0.124. The smallest absolute Gasteiger partial charge is 0.205 e. The third-order valence-electron chi connectivity index (χ3n) is 2.78. The van der Waals surface area contributed by atoms with E-state index in [-0.39, 0.29) is 5.71 Å². The van der Waals surface area contributed by atoms with Crippen molar-refractivity contribution in [3.05, 3.63) is 0 Å². The lowest BCUT2D eigenvalue weighted by atomic mass is 10.1. The average molecular weight is 1750 g/mol. The van der Waals surface area contributed by atoms with E-state index in [2.05, 4.69) is 294 Å². The van der Waals surface area contributed by atoms with Crippen LogP contribution in [0, 0.1) is 0 Å². The molecule has 0 aromatic heterocycles. The Bertz CT molecular complexity index is 304. The van der Waals surface area contributed by atoms with Gasteiger partial charge in [0.2, 0.25) is 3.61 Å². The molecule has 1 saturated carbocycles. The van der Waals surface area contributed by atoms with Crippen LogP contribution in [-0.2, 0) is 5.11 Å². The highest BCUT2D eigenvalue weighted by Gasteiger charge is 2.84. The van der Waals surface area contributed by atoms with E-state index in [9.17, 15) is 5.11 Å². The van der Waals surface area contributed by atoms with Gasteiger partial charge in [0.05, 0.1) is 0 Å². The first-order chi connectivity index (χ1) is 8.75. The summed E-state index contributed by atoms with van der Waals surface area (Å²) in [7, 11) is 0. The minimum atomic E-state index is -1.15. The zero-order valence-corrected chi connectivity index (χ0v) is 36.9. The van der Waals surface area contributed by atoms with Crippen LogP contribution in [0.2, 0.25) is 0 Å². The maximum Gasteiger partial charge on any atom is 0.205 e. The second-order valence-electron chi connectivity index (χ2n) is 4.04.